The molecule has 10 nitrogen and oxygen atoms in total. The number of benzene rings is 1. The quantitative estimate of drug-likeness (QED) is 0.266. The summed E-state index contributed by atoms with van der Waals surface area (Å²) in [6, 6.07) is 6.02. The third-order valence-electron chi connectivity index (χ3n) is 6.16. The number of furan rings is 1. The first-order valence-electron chi connectivity index (χ1n) is 11.5. The van der Waals surface area contributed by atoms with Gasteiger partial charge in [0.25, 0.3) is 5.19 Å². The third-order valence-corrected chi connectivity index (χ3v) is 7.97. The number of rotatable bonds is 9. The number of aromatic nitrogens is 4. The number of hydrogen-bond acceptors (Lipinski definition) is 11. The first-order chi connectivity index (χ1) is 17.6. The molecule has 36 heavy (non-hydrogen) atoms. The summed E-state index contributed by atoms with van der Waals surface area (Å²) >= 11 is 3.01. The molecule has 0 aliphatic carbocycles. The molecule has 1 atom stereocenters. The van der Waals surface area contributed by atoms with Gasteiger partial charge in [-0.15, -0.1) is 16.4 Å². The van der Waals surface area contributed by atoms with Crippen LogP contribution in [0.3, 0.4) is 0 Å². The molecule has 1 saturated heterocycles. The molecule has 1 aliphatic heterocycles. The van der Waals surface area contributed by atoms with E-state index in [-0.39, 0.29) is 0 Å². The van der Waals surface area contributed by atoms with Crippen LogP contribution < -0.4 is 19.1 Å². The van der Waals surface area contributed by atoms with Gasteiger partial charge in [0, 0.05) is 31.2 Å². The molecular weight excluding hydrogens is 502 g/mol. The summed E-state index contributed by atoms with van der Waals surface area (Å²) in [6.07, 6.45) is 4.10. The van der Waals surface area contributed by atoms with Crippen molar-refractivity contribution < 1.29 is 23.4 Å². The van der Waals surface area contributed by atoms with Gasteiger partial charge < -0.3 is 28.3 Å². The highest BCUT2D eigenvalue weighted by molar-refractivity contribution is 7.18. The number of fused-ring (bicyclic) bond motifs is 2. The molecule has 0 bridgehead atoms. The van der Waals surface area contributed by atoms with Crippen molar-refractivity contribution in [1.82, 2.24) is 19.6 Å². The van der Waals surface area contributed by atoms with Gasteiger partial charge in [-0.1, -0.05) is 0 Å². The van der Waals surface area contributed by atoms with Crippen LogP contribution in [-0.4, -0.2) is 60.1 Å². The van der Waals surface area contributed by atoms with E-state index in [0.29, 0.717) is 53.0 Å². The minimum Gasteiger partial charge on any atom is -0.496 e. The second-order valence-corrected chi connectivity index (χ2v) is 10.2. The Balaban J connectivity index is 1.25. The van der Waals surface area contributed by atoms with E-state index in [1.807, 2.05) is 24.4 Å². The molecule has 0 amide bonds. The lowest BCUT2D eigenvalue weighted by Crippen LogP contribution is -2.32. The van der Waals surface area contributed by atoms with Crippen molar-refractivity contribution in [3.8, 4) is 28.1 Å². The van der Waals surface area contributed by atoms with Crippen LogP contribution >= 0.6 is 22.7 Å². The van der Waals surface area contributed by atoms with Gasteiger partial charge in [-0.05, 0) is 30.2 Å². The van der Waals surface area contributed by atoms with Crippen molar-refractivity contribution in [3.63, 3.8) is 0 Å². The Labute approximate surface area is 215 Å². The molecule has 1 aliphatic rings. The number of anilines is 1. The van der Waals surface area contributed by atoms with E-state index in [9.17, 15) is 0 Å². The Hall–Kier alpha value is -3.35. The fourth-order valence-corrected chi connectivity index (χ4v) is 6.04. The molecule has 5 aromatic rings. The summed E-state index contributed by atoms with van der Waals surface area (Å²) in [4.78, 5) is 12.5. The van der Waals surface area contributed by atoms with Crippen LogP contribution in [0.4, 0.5) is 5.13 Å². The van der Waals surface area contributed by atoms with Gasteiger partial charge in [0.2, 0.25) is 4.96 Å². The van der Waals surface area contributed by atoms with Crippen LogP contribution in [0.2, 0.25) is 0 Å². The van der Waals surface area contributed by atoms with E-state index in [0.717, 1.165) is 40.6 Å². The lowest BCUT2D eigenvalue weighted by molar-refractivity contribution is 0.181. The maximum absolute atomic E-state index is 6.23. The van der Waals surface area contributed by atoms with Crippen LogP contribution in [0.15, 0.2) is 34.2 Å². The number of imidazole rings is 1. The average molecular weight is 528 g/mol. The summed E-state index contributed by atoms with van der Waals surface area (Å²) in [5.41, 5.74) is 2.21. The van der Waals surface area contributed by atoms with E-state index < -0.39 is 0 Å². The number of hydrogen-bond donors (Lipinski definition) is 0. The highest BCUT2D eigenvalue weighted by Crippen LogP contribution is 2.38. The second kappa shape index (κ2) is 9.60. The first kappa shape index (κ1) is 23.1. The Morgan fingerprint density at radius 3 is 2.86 bits per heavy atom. The Morgan fingerprint density at radius 2 is 2.06 bits per heavy atom. The van der Waals surface area contributed by atoms with E-state index >= 15 is 0 Å². The lowest BCUT2D eigenvalue weighted by Gasteiger charge is -2.23. The van der Waals surface area contributed by atoms with Gasteiger partial charge in [-0.25, -0.2) is 14.5 Å². The molecule has 4 aromatic heterocycles. The zero-order valence-electron chi connectivity index (χ0n) is 20.1. The van der Waals surface area contributed by atoms with E-state index in [1.165, 1.54) is 11.3 Å². The lowest BCUT2D eigenvalue weighted by atomic mass is 10.2. The maximum atomic E-state index is 6.23. The normalized spacial score (nSPS) is 15.9. The minimum atomic E-state index is 0.339. The Morgan fingerprint density at radius 1 is 1.14 bits per heavy atom. The van der Waals surface area contributed by atoms with Crippen LogP contribution in [0, 0.1) is 0 Å². The van der Waals surface area contributed by atoms with Gasteiger partial charge in [-0.2, -0.15) is 0 Å². The van der Waals surface area contributed by atoms with Gasteiger partial charge in [0.05, 0.1) is 44.1 Å². The molecule has 0 N–H and O–H groups in total. The molecule has 12 heteroatoms. The minimum absolute atomic E-state index is 0.339. The van der Waals surface area contributed by atoms with Crippen LogP contribution in [0.5, 0.6) is 16.7 Å². The molecular formula is C24H25N5O5S2. The summed E-state index contributed by atoms with van der Waals surface area (Å²) in [6.45, 7) is 2.06. The van der Waals surface area contributed by atoms with Crippen molar-refractivity contribution in [2.75, 3.05) is 39.4 Å². The Bertz CT molecular complexity index is 1470. The van der Waals surface area contributed by atoms with Gasteiger partial charge in [0.15, 0.2) is 10.9 Å². The average Bonchev–Trinajstić information content (AvgIpc) is 3.69. The predicted octanol–water partition coefficient (Wildman–Crippen LogP) is 4.87. The summed E-state index contributed by atoms with van der Waals surface area (Å²) in [5, 5.41) is 8.79. The monoisotopic (exact) mass is 527 g/mol. The van der Waals surface area contributed by atoms with Crippen molar-refractivity contribution >= 4 is 43.7 Å². The van der Waals surface area contributed by atoms with Crippen LogP contribution in [-0.2, 0) is 11.3 Å². The van der Waals surface area contributed by atoms with Crippen molar-refractivity contribution in [2.24, 2.45) is 0 Å². The van der Waals surface area contributed by atoms with E-state index in [4.69, 9.17) is 28.3 Å². The van der Waals surface area contributed by atoms with Crippen LogP contribution in [0.1, 0.15) is 18.5 Å². The molecule has 1 fully saturated rings. The fraction of sp³-hybridized carbons (Fsp3) is 0.375. The van der Waals surface area contributed by atoms with E-state index in [1.54, 1.807) is 37.2 Å². The number of methoxy groups -OCH3 is 3. The number of ether oxygens (including phenoxy) is 4. The van der Waals surface area contributed by atoms with Crippen LogP contribution in [0.25, 0.3) is 27.4 Å². The van der Waals surface area contributed by atoms with Gasteiger partial charge in [0.1, 0.15) is 29.4 Å². The fourth-order valence-electron chi connectivity index (χ4n) is 4.43. The van der Waals surface area contributed by atoms with E-state index in [2.05, 4.69) is 20.4 Å². The van der Waals surface area contributed by atoms with Gasteiger partial charge in [-0.3, -0.25) is 0 Å². The van der Waals surface area contributed by atoms with Crippen molar-refractivity contribution in [1.29, 1.82) is 0 Å². The van der Waals surface area contributed by atoms with Crippen molar-refractivity contribution in [2.45, 2.75) is 25.5 Å². The first-order valence-corrected chi connectivity index (χ1v) is 13.2. The predicted molar refractivity (Wildman–Crippen MR) is 138 cm³/mol. The number of thiazole rings is 1. The SMILES string of the molecule is COC[C@@H]1CCCN1c1nc(COc2cc(OC)cc3oc(-c4cn5nc(OC)sc5n4)cc23)cs1. The zero-order chi connectivity index (χ0) is 24.6. The molecule has 5 heterocycles. The summed E-state index contributed by atoms with van der Waals surface area (Å²) < 4.78 is 30.1. The molecule has 188 valence electrons. The molecule has 0 spiro atoms. The number of nitrogens with zero attached hydrogens (tertiary/aromatic N) is 5. The second-order valence-electron chi connectivity index (χ2n) is 8.43. The zero-order valence-corrected chi connectivity index (χ0v) is 21.7. The molecule has 6 rings (SSSR count). The van der Waals surface area contributed by atoms with Gasteiger partial charge >= 0.3 is 0 Å². The third kappa shape index (κ3) is 4.25. The maximum Gasteiger partial charge on any atom is 0.294 e. The van der Waals surface area contributed by atoms with Crippen molar-refractivity contribution in [3.05, 3.63) is 35.5 Å². The Kier molecular flexibility index (Phi) is 6.15. The standard InChI is InChI=1S/C24H25N5O5S2/c1-30-12-15-5-4-6-28(15)22-25-14(13-35-22)11-33-19-7-16(31-2)8-20-17(19)9-21(34-20)18-10-29-23(26-18)36-24(27-29)32-3/h7-10,13,15H,4-6,11-12H2,1-3H3/t15-/m0/s1. The molecule has 1 aromatic carbocycles. The highest BCUT2D eigenvalue weighted by atomic mass is 32.1. The summed E-state index contributed by atoms with van der Waals surface area (Å²) in [7, 11) is 4.96. The topological polar surface area (TPSA) is 96.4 Å². The smallest absolute Gasteiger partial charge is 0.294 e. The molecule has 0 saturated carbocycles. The summed E-state index contributed by atoms with van der Waals surface area (Å²) in [5.74, 6) is 1.93. The highest BCUT2D eigenvalue weighted by Gasteiger charge is 2.27. The largest absolute Gasteiger partial charge is 0.496 e. The molecule has 0 radical (unpaired) electrons. The molecule has 0 unspecified atom stereocenters.